The van der Waals surface area contributed by atoms with Crippen molar-refractivity contribution in [1.29, 1.82) is 0 Å². The van der Waals surface area contributed by atoms with Gasteiger partial charge in [0.1, 0.15) is 11.6 Å². The average Bonchev–Trinajstić information content (AvgIpc) is 3.11. The van der Waals surface area contributed by atoms with Gasteiger partial charge < -0.3 is 14.2 Å². The fourth-order valence-corrected chi connectivity index (χ4v) is 3.44. The normalized spacial score (nSPS) is 17.8. The number of carbonyl (C=O) groups excluding carboxylic acids is 1. The summed E-state index contributed by atoms with van der Waals surface area (Å²) in [6.45, 7) is 2.52. The van der Waals surface area contributed by atoms with E-state index in [0.29, 0.717) is 24.7 Å². The number of piperidine rings is 1. The van der Waals surface area contributed by atoms with E-state index in [2.05, 4.69) is 28.1 Å². The fourth-order valence-electron chi connectivity index (χ4n) is 3.44. The molecule has 1 aromatic carbocycles. The van der Waals surface area contributed by atoms with Crippen LogP contribution in [0, 0.1) is 0 Å². The minimum atomic E-state index is -2.91. The molecule has 26 heavy (non-hydrogen) atoms. The first-order valence-electron chi connectivity index (χ1n) is 8.82. The number of amides is 1. The third kappa shape index (κ3) is 4.03. The Morgan fingerprint density at radius 1 is 1.35 bits per heavy atom. The van der Waals surface area contributed by atoms with Gasteiger partial charge in [-0.3, -0.25) is 4.79 Å². The zero-order valence-corrected chi connectivity index (χ0v) is 14.9. The summed E-state index contributed by atoms with van der Waals surface area (Å²) < 4.78 is 31.3. The fraction of sp³-hybridized carbons (Fsp3) is 0.474. The molecule has 1 aromatic heterocycles. The lowest BCUT2D eigenvalue weighted by atomic mass is 9.96. The van der Waals surface area contributed by atoms with Gasteiger partial charge in [0.25, 0.3) is 5.91 Å². The van der Waals surface area contributed by atoms with Crippen LogP contribution in [-0.2, 0) is 0 Å². The molecule has 5 nitrogen and oxygen atoms in total. The molecular weight excluding hydrogens is 340 g/mol. The van der Waals surface area contributed by atoms with Crippen LogP contribution in [0.3, 0.4) is 0 Å². The van der Waals surface area contributed by atoms with Crippen LogP contribution in [0.25, 0.3) is 0 Å². The first kappa shape index (κ1) is 18.4. The largest absolute Gasteiger partial charge is 0.435 e. The van der Waals surface area contributed by atoms with Crippen LogP contribution >= 0.6 is 0 Å². The van der Waals surface area contributed by atoms with E-state index in [1.807, 2.05) is 6.20 Å². The van der Waals surface area contributed by atoms with Crippen molar-refractivity contribution in [2.24, 2.45) is 0 Å². The second-order valence-corrected chi connectivity index (χ2v) is 6.78. The van der Waals surface area contributed by atoms with Crippen LogP contribution in [-0.4, -0.2) is 40.1 Å². The number of aromatic nitrogens is 2. The number of hydrogen-bond acceptors (Lipinski definition) is 3. The van der Waals surface area contributed by atoms with Crippen LogP contribution in [0.1, 0.15) is 54.8 Å². The quantitative estimate of drug-likeness (QED) is 0.804. The van der Waals surface area contributed by atoms with Crippen LogP contribution in [0.2, 0.25) is 0 Å². The molecule has 1 amide bonds. The van der Waals surface area contributed by atoms with Crippen molar-refractivity contribution < 1.29 is 18.3 Å². The van der Waals surface area contributed by atoms with E-state index >= 15 is 0 Å². The third-order valence-electron chi connectivity index (χ3n) is 4.63. The summed E-state index contributed by atoms with van der Waals surface area (Å²) in [5, 5.41) is 0. The van der Waals surface area contributed by atoms with Crippen molar-refractivity contribution >= 4 is 5.91 Å². The molecule has 2 heterocycles. The number of ether oxygens (including phenoxy) is 1. The highest BCUT2D eigenvalue weighted by molar-refractivity contribution is 5.94. The van der Waals surface area contributed by atoms with Crippen molar-refractivity contribution in [1.82, 2.24) is 14.5 Å². The molecule has 1 fully saturated rings. The second kappa shape index (κ2) is 7.85. The van der Waals surface area contributed by atoms with Gasteiger partial charge in [0.05, 0.1) is 0 Å². The summed E-state index contributed by atoms with van der Waals surface area (Å²) in [6, 6.07) is 6.27. The van der Waals surface area contributed by atoms with Gasteiger partial charge in [-0.25, -0.2) is 4.98 Å². The Bertz CT molecular complexity index is 761. The van der Waals surface area contributed by atoms with Crippen molar-refractivity contribution in [3.8, 4) is 5.75 Å². The maximum absolute atomic E-state index is 12.8. The Hall–Kier alpha value is -2.44. The van der Waals surface area contributed by atoms with Gasteiger partial charge in [-0.1, -0.05) is 6.07 Å². The molecule has 7 heteroatoms. The summed E-state index contributed by atoms with van der Waals surface area (Å²) in [5.41, 5.74) is 0.357. The van der Waals surface area contributed by atoms with Crippen molar-refractivity contribution in [2.45, 2.75) is 45.3 Å². The van der Waals surface area contributed by atoms with Gasteiger partial charge in [-0.05, 0) is 44.9 Å². The van der Waals surface area contributed by atoms with E-state index in [1.165, 1.54) is 12.1 Å². The highest BCUT2D eigenvalue weighted by Gasteiger charge is 2.28. The molecule has 1 unspecified atom stereocenters. The molecule has 1 atom stereocenters. The first-order valence-corrected chi connectivity index (χ1v) is 8.82. The predicted octanol–water partition coefficient (Wildman–Crippen LogP) is 4.09. The van der Waals surface area contributed by atoms with Crippen molar-refractivity contribution in [3.63, 3.8) is 0 Å². The van der Waals surface area contributed by atoms with E-state index < -0.39 is 6.61 Å². The lowest BCUT2D eigenvalue weighted by Crippen LogP contribution is -2.39. The molecule has 3 rings (SSSR count). The van der Waals surface area contributed by atoms with Crippen LogP contribution in [0.5, 0.6) is 5.75 Å². The minimum absolute atomic E-state index is 0.00485. The highest BCUT2D eigenvalue weighted by atomic mass is 19.3. The number of halogens is 2. The Morgan fingerprint density at radius 3 is 2.88 bits per heavy atom. The summed E-state index contributed by atoms with van der Waals surface area (Å²) in [5.74, 6) is 0.990. The lowest BCUT2D eigenvalue weighted by Gasteiger charge is -2.33. The van der Waals surface area contributed by atoms with E-state index in [0.717, 1.165) is 18.7 Å². The molecule has 0 bridgehead atoms. The van der Waals surface area contributed by atoms with Gasteiger partial charge in [0.15, 0.2) is 0 Å². The van der Waals surface area contributed by atoms with Gasteiger partial charge in [-0.2, -0.15) is 8.78 Å². The maximum Gasteiger partial charge on any atom is 0.387 e. The van der Waals surface area contributed by atoms with Gasteiger partial charge >= 0.3 is 6.61 Å². The molecule has 140 valence electrons. The third-order valence-corrected chi connectivity index (χ3v) is 4.63. The highest BCUT2D eigenvalue weighted by Crippen LogP contribution is 2.28. The molecule has 0 radical (unpaired) electrons. The van der Waals surface area contributed by atoms with Gasteiger partial charge in [0.2, 0.25) is 0 Å². The molecule has 1 aliphatic heterocycles. The van der Waals surface area contributed by atoms with Crippen LogP contribution in [0.4, 0.5) is 8.78 Å². The molecule has 0 spiro atoms. The number of rotatable bonds is 5. The van der Waals surface area contributed by atoms with Crippen LogP contribution < -0.4 is 4.74 Å². The Kier molecular flexibility index (Phi) is 5.54. The average molecular weight is 363 g/mol. The summed E-state index contributed by atoms with van der Waals surface area (Å²) in [4.78, 5) is 19.1. The molecule has 0 saturated carbocycles. The number of imidazole rings is 1. The monoisotopic (exact) mass is 363 g/mol. The Balaban J connectivity index is 1.75. The summed E-state index contributed by atoms with van der Waals surface area (Å²) in [6.07, 6.45) is 5.61. The first-order chi connectivity index (χ1) is 12.5. The van der Waals surface area contributed by atoms with E-state index in [9.17, 15) is 13.6 Å². The van der Waals surface area contributed by atoms with Crippen LogP contribution in [0.15, 0.2) is 36.7 Å². The SMILES string of the molecule is CC(C)n1ccnc1C1CCCN(C(=O)c2cccc(OC(F)F)c2)C1. The van der Waals surface area contributed by atoms with E-state index in [1.54, 1.807) is 23.2 Å². The Labute approximate surface area is 151 Å². The molecule has 1 saturated heterocycles. The maximum atomic E-state index is 12.8. The van der Waals surface area contributed by atoms with Crippen molar-refractivity contribution in [2.75, 3.05) is 13.1 Å². The number of alkyl halides is 2. The predicted molar refractivity (Wildman–Crippen MR) is 93.6 cm³/mol. The molecule has 2 aromatic rings. The standard InChI is InChI=1S/C19H23F2N3O2/c1-13(2)24-10-8-22-17(24)15-6-4-9-23(12-15)18(25)14-5-3-7-16(11-14)26-19(20)21/h3,5,7-8,10-11,13,15,19H,4,6,9,12H2,1-2H3. The topological polar surface area (TPSA) is 47.4 Å². The Morgan fingerprint density at radius 2 is 2.15 bits per heavy atom. The smallest absolute Gasteiger partial charge is 0.387 e. The molecule has 1 aliphatic rings. The molecule has 0 aliphatic carbocycles. The number of likely N-dealkylation sites (tertiary alicyclic amines) is 1. The van der Waals surface area contributed by atoms with E-state index in [-0.39, 0.29) is 17.6 Å². The zero-order chi connectivity index (χ0) is 18.7. The molecular formula is C19H23F2N3O2. The minimum Gasteiger partial charge on any atom is -0.435 e. The lowest BCUT2D eigenvalue weighted by molar-refractivity contribution is -0.0499. The second-order valence-electron chi connectivity index (χ2n) is 6.78. The number of hydrogen-bond donors (Lipinski definition) is 0. The number of nitrogens with zero attached hydrogens (tertiary/aromatic N) is 3. The molecule has 0 N–H and O–H groups in total. The van der Waals surface area contributed by atoms with Gasteiger partial charge in [0, 0.05) is 43.0 Å². The number of benzene rings is 1. The van der Waals surface area contributed by atoms with Gasteiger partial charge in [-0.15, -0.1) is 0 Å². The van der Waals surface area contributed by atoms with Crippen molar-refractivity contribution in [3.05, 3.63) is 48.0 Å². The van der Waals surface area contributed by atoms with E-state index in [4.69, 9.17) is 0 Å². The summed E-state index contributed by atoms with van der Waals surface area (Å²) in [7, 11) is 0. The summed E-state index contributed by atoms with van der Waals surface area (Å²) >= 11 is 0. The zero-order valence-electron chi connectivity index (χ0n) is 14.9. The number of carbonyl (C=O) groups is 1.